The zero-order valence-corrected chi connectivity index (χ0v) is 10.6. The zero-order valence-electron chi connectivity index (χ0n) is 10.6. The van der Waals surface area contributed by atoms with Crippen LogP contribution in [-0.4, -0.2) is 23.1 Å². The zero-order chi connectivity index (χ0) is 12.3. The summed E-state index contributed by atoms with van der Waals surface area (Å²) in [6, 6.07) is 1.90. The van der Waals surface area contributed by atoms with E-state index >= 15 is 0 Å². The summed E-state index contributed by atoms with van der Waals surface area (Å²) in [6.07, 6.45) is 4.04. The summed E-state index contributed by atoms with van der Waals surface area (Å²) in [7, 11) is 0. The van der Waals surface area contributed by atoms with Gasteiger partial charge in [-0.25, -0.2) is 15.8 Å². The van der Waals surface area contributed by atoms with Gasteiger partial charge in [-0.05, 0) is 24.7 Å². The Bertz CT molecular complexity index is 358. The highest BCUT2D eigenvalue weighted by Crippen LogP contribution is 2.27. The molecule has 1 aliphatic heterocycles. The van der Waals surface area contributed by atoms with Crippen molar-refractivity contribution in [2.24, 2.45) is 17.7 Å². The number of aromatic nitrogens is 2. The molecule has 0 spiro atoms. The molecule has 5 nitrogen and oxygen atoms in total. The van der Waals surface area contributed by atoms with Gasteiger partial charge < -0.3 is 10.3 Å². The van der Waals surface area contributed by atoms with Gasteiger partial charge in [0.2, 0.25) is 0 Å². The number of hydrogen-bond donors (Lipinski definition) is 2. The van der Waals surface area contributed by atoms with Crippen LogP contribution < -0.4 is 16.2 Å². The Hall–Kier alpha value is -1.36. The molecule has 0 aromatic carbocycles. The predicted octanol–water partition coefficient (Wildman–Crippen LogP) is 1.63. The first-order valence-electron chi connectivity index (χ1n) is 6.24. The van der Waals surface area contributed by atoms with Crippen LogP contribution in [0.4, 0.5) is 11.6 Å². The average molecular weight is 235 g/mol. The largest absolute Gasteiger partial charge is 0.356 e. The molecule has 94 valence electrons. The maximum atomic E-state index is 5.35. The van der Waals surface area contributed by atoms with E-state index in [4.69, 9.17) is 5.84 Å². The van der Waals surface area contributed by atoms with Crippen molar-refractivity contribution >= 4 is 11.6 Å². The fourth-order valence-electron chi connectivity index (χ4n) is 2.39. The van der Waals surface area contributed by atoms with Crippen molar-refractivity contribution in [3.05, 3.63) is 12.4 Å². The summed E-state index contributed by atoms with van der Waals surface area (Å²) in [5.41, 5.74) is 2.56. The van der Waals surface area contributed by atoms with E-state index in [-0.39, 0.29) is 0 Å². The van der Waals surface area contributed by atoms with Gasteiger partial charge >= 0.3 is 0 Å². The van der Waals surface area contributed by atoms with Crippen molar-refractivity contribution in [2.75, 3.05) is 23.4 Å². The molecule has 1 saturated heterocycles. The highest BCUT2D eigenvalue weighted by Gasteiger charge is 2.22. The van der Waals surface area contributed by atoms with Crippen molar-refractivity contribution in [3.8, 4) is 0 Å². The summed E-state index contributed by atoms with van der Waals surface area (Å²) in [5, 5.41) is 0. The molecule has 0 unspecified atom stereocenters. The van der Waals surface area contributed by atoms with Crippen LogP contribution in [0.1, 0.15) is 26.7 Å². The van der Waals surface area contributed by atoms with Gasteiger partial charge in [-0.15, -0.1) is 0 Å². The number of nitrogens with one attached hydrogen (secondary N) is 1. The molecule has 1 aromatic heterocycles. The van der Waals surface area contributed by atoms with E-state index in [1.165, 1.54) is 12.8 Å². The number of hydrazine groups is 1. The van der Waals surface area contributed by atoms with E-state index in [1.807, 2.05) is 6.07 Å². The van der Waals surface area contributed by atoms with Crippen LogP contribution in [-0.2, 0) is 0 Å². The van der Waals surface area contributed by atoms with Crippen molar-refractivity contribution < 1.29 is 0 Å². The lowest BCUT2D eigenvalue weighted by Gasteiger charge is -2.34. The monoisotopic (exact) mass is 235 g/mol. The molecule has 0 saturated carbocycles. The van der Waals surface area contributed by atoms with Gasteiger partial charge in [-0.2, -0.15) is 0 Å². The number of hydrogen-bond acceptors (Lipinski definition) is 5. The third kappa shape index (κ3) is 2.85. The van der Waals surface area contributed by atoms with Gasteiger partial charge in [-0.3, -0.25) is 0 Å². The Morgan fingerprint density at radius 2 is 2.06 bits per heavy atom. The van der Waals surface area contributed by atoms with Gasteiger partial charge in [0, 0.05) is 19.2 Å². The van der Waals surface area contributed by atoms with Crippen LogP contribution in [0, 0.1) is 11.8 Å². The Morgan fingerprint density at radius 1 is 1.35 bits per heavy atom. The standard InChI is InChI=1S/C12H21N5/c1-9(2)10-3-5-17(6-4-10)12-7-11(16-13)14-8-15-12/h7-10H,3-6,13H2,1-2H3,(H,14,15,16). The number of nitrogens with two attached hydrogens (primary N) is 1. The molecular formula is C12H21N5. The number of nitrogens with zero attached hydrogens (tertiary/aromatic N) is 3. The number of rotatable bonds is 3. The van der Waals surface area contributed by atoms with Gasteiger partial charge in [0.05, 0.1) is 0 Å². The van der Waals surface area contributed by atoms with Crippen LogP contribution in [0.25, 0.3) is 0 Å². The van der Waals surface area contributed by atoms with Crippen molar-refractivity contribution in [1.29, 1.82) is 0 Å². The Kier molecular flexibility index (Phi) is 3.78. The lowest BCUT2D eigenvalue weighted by molar-refractivity contribution is 0.310. The SMILES string of the molecule is CC(C)C1CCN(c2cc(NN)ncn2)CC1. The van der Waals surface area contributed by atoms with E-state index < -0.39 is 0 Å². The predicted molar refractivity (Wildman–Crippen MR) is 69.6 cm³/mol. The van der Waals surface area contributed by atoms with E-state index in [0.29, 0.717) is 5.82 Å². The van der Waals surface area contributed by atoms with Crippen LogP contribution in [0.3, 0.4) is 0 Å². The first-order chi connectivity index (χ1) is 8.20. The van der Waals surface area contributed by atoms with E-state index in [2.05, 4.69) is 34.1 Å². The molecule has 0 atom stereocenters. The summed E-state index contributed by atoms with van der Waals surface area (Å²) in [6.45, 7) is 6.76. The average Bonchev–Trinajstić information content (AvgIpc) is 2.39. The summed E-state index contributed by atoms with van der Waals surface area (Å²) >= 11 is 0. The third-order valence-corrected chi connectivity index (χ3v) is 3.61. The molecule has 1 fully saturated rings. The molecule has 17 heavy (non-hydrogen) atoms. The van der Waals surface area contributed by atoms with E-state index in [9.17, 15) is 0 Å². The first-order valence-corrected chi connectivity index (χ1v) is 6.24. The molecule has 3 N–H and O–H groups in total. The second-order valence-corrected chi connectivity index (χ2v) is 4.97. The van der Waals surface area contributed by atoms with Crippen molar-refractivity contribution in [2.45, 2.75) is 26.7 Å². The smallest absolute Gasteiger partial charge is 0.145 e. The Balaban J connectivity index is 2.00. The molecule has 2 rings (SSSR count). The third-order valence-electron chi connectivity index (χ3n) is 3.61. The van der Waals surface area contributed by atoms with Crippen LogP contribution >= 0.6 is 0 Å². The van der Waals surface area contributed by atoms with Crippen LogP contribution in [0.5, 0.6) is 0 Å². The second-order valence-electron chi connectivity index (χ2n) is 4.97. The summed E-state index contributed by atoms with van der Waals surface area (Å²) in [4.78, 5) is 10.6. The van der Waals surface area contributed by atoms with Crippen LogP contribution in [0.2, 0.25) is 0 Å². The number of nitrogen functional groups attached to an aromatic ring is 1. The van der Waals surface area contributed by atoms with Crippen LogP contribution in [0.15, 0.2) is 12.4 Å². The minimum atomic E-state index is 0.668. The summed E-state index contributed by atoms with van der Waals surface area (Å²) < 4.78 is 0. The normalized spacial score (nSPS) is 17.5. The van der Waals surface area contributed by atoms with Gasteiger partial charge in [0.1, 0.15) is 18.0 Å². The molecule has 1 aliphatic rings. The Labute approximate surface area is 102 Å². The molecule has 0 bridgehead atoms. The highest BCUT2D eigenvalue weighted by atomic mass is 15.3. The van der Waals surface area contributed by atoms with Gasteiger partial charge in [-0.1, -0.05) is 13.8 Å². The fourth-order valence-corrected chi connectivity index (χ4v) is 2.39. The number of piperidine rings is 1. The maximum Gasteiger partial charge on any atom is 0.145 e. The fraction of sp³-hybridized carbons (Fsp3) is 0.667. The molecule has 1 aromatic rings. The quantitative estimate of drug-likeness (QED) is 0.616. The molecule has 0 radical (unpaired) electrons. The lowest BCUT2D eigenvalue weighted by atomic mass is 9.87. The van der Waals surface area contributed by atoms with Crippen molar-refractivity contribution in [1.82, 2.24) is 9.97 Å². The second kappa shape index (κ2) is 5.31. The van der Waals surface area contributed by atoms with Crippen molar-refractivity contribution in [3.63, 3.8) is 0 Å². The van der Waals surface area contributed by atoms with Gasteiger partial charge in [0.15, 0.2) is 0 Å². The molecule has 5 heteroatoms. The minimum absolute atomic E-state index is 0.668. The number of anilines is 2. The first kappa shape index (κ1) is 12.1. The molecule has 2 heterocycles. The topological polar surface area (TPSA) is 67.1 Å². The minimum Gasteiger partial charge on any atom is -0.356 e. The maximum absolute atomic E-state index is 5.35. The van der Waals surface area contributed by atoms with E-state index in [0.717, 1.165) is 30.7 Å². The van der Waals surface area contributed by atoms with Gasteiger partial charge in [0.25, 0.3) is 0 Å². The molecule has 0 aliphatic carbocycles. The highest BCUT2D eigenvalue weighted by molar-refractivity contribution is 5.47. The Morgan fingerprint density at radius 3 is 2.65 bits per heavy atom. The molecular weight excluding hydrogens is 214 g/mol. The summed E-state index contributed by atoms with van der Waals surface area (Å²) in [5.74, 6) is 8.62. The molecule has 0 amide bonds. The van der Waals surface area contributed by atoms with E-state index in [1.54, 1.807) is 6.33 Å². The lowest BCUT2D eigenvalue weighted by Crippen LogP contribution is -2.35.